The molecule has 0 saturated carbocycles. The number of ether oxygens (including phenoxy) is 1. The molecule has 3 aromatic heterocycles. The third-order valence-electron chi connectivity index (χ3n) is 17.1. The Labute approximate surface area is 724 Å². The van der Waals surface area contributed by atoms with Crippen LogP contribution in [0.3, 0.4) is 0 Å². The standard InChI is InChI=1S/C65H76N8O22S4.3K/c1-66-50-22-20-44(68(28-12-34-96-94-92-80)29-13-35-97-95-93-81)38-46(50)48-40-54-56(42-52(48)66)88-62(70(54)32-10-4-8-18-64(78)90-72-58(74)24-25-59(72)75)16-6-3-7-17-63-71(33-11-5-9-19-65(79)91-73-60(76)26-27-61(73)77)55-41-49-47-39-45(21-23-51(47)67(2)53(49)43-57(55)89-63)69(30-14-36-98(82,83)84)31-15-37-99(85,86)87;;;/h3,6-7,16-17,20-23,38-43H,4-5,8-15,18-19,24-37H2,1-2H3,(H3-,80,81,82,83,84,85,86,87);;;/q;3*+1/p-3. The summed E-state index contributed by atoms with van der Waals surface area (Å²) in [5.74, 6) is -2.36. The summed E-state index contributed by atoms with van der Waals surface area (Å²) in [6, 6.07) is 19.8. The Morgan fingerprint density at radius 2 is 1.06 bits per heavy atom. The van der Waals surface area contributed by atoms with E-state index in [0.29, 0.717) is 133 Å². The Hall–Kier alpha value is -3.22. The van der Waals surface area contributed by atoms with Gasteiger partial charge < -0.3 is 62.3 Å². The van der Waals surface area contributed by atoms with Gasteiger partial charge >= 0.3 is 172 Å². The SMILES string of the molecule is Cn1c2ccc(N(CCCSOO[O-])CCCSOO[O-])cc2c2cc3c(cc21)O\C(=C/C=C/C=C/c1oc2cc4c(cc2[n+]1CCCCCC(=O)ON1C(=O)CCC1=O)c1cc(N(CCCS(=O)(=O)[O-])CCCS(=O)(=O)[O-])ccc1n4C)N3CCCCCC(=O)ON1C(=O)CCC1=O.[K+].[K+].[K+]. The number of aromatic nitrogens is 3. The van der Waals surface area contributed by atoms with Crippen LogP contribution in [0.2, 0.25) is 0 Å². The van der Waals surface area contributed by atoms with Crippen LogP contribution in [0.4, 0.5) is 17.1 Å². The van der Waals surface area contributed by atoms with E-state index in [0.717, 1.165) is 79.1 Å². The average Bonchev–Trinajstić information content (AvgIpc) is 1.59. The number of hydrogen-bond donors (Lipinski definition) is 0. The molecule has 30 nitrogen and oxygen atoms in total. The molecule has 37 heteroatoms. The number of unbranched alkanes of at least 4 members (excludes halogenated alkanes) is 4. The number of fused-ring (bicyclic) bond motifs is 8. The van der Waals surface area contributed by atoms with E-state index in [1.807, 2.05) is 96.1 Å². The zero-order valence-corrected chi connectivity index (χ0v) is 69.9. The summed E-state index contributed by atoms with van der Waals surface area (Å²) in [7, 11) is -5.22. The molecule has 0 atom stereocenters. The number of oxazole rings is 1. The van der Waals surface area contributed by atoms with E-state index in [1.165, 1.54) is 0 Å². The third kappa shape index (κ3) is 22.9. The molecule has 0 aliphatic carbocycles. The average molecular weight is 1560 g/mol. The van der Waals surface area contributed by atoms with Crippen molar-refractivity contribution in [3.63, 3.8) is 0 Å². The van der Waals surface area contributed by atoms with E-state index < -0.39 is 67.3 Å². The van der Waals surface area contributed by atoms with Crippen molar-refractivity contribution < 1.29 is 262 Å². The van der Waals surface area contributed by atoms with Gasteiger partial charge in [-0.05, 0) is 99.9 Å². The first-order valence-corrected chi connectivity index (χ1v) is 37.2. The summed E-state index contributed by atoms with van der Waals surface area (Å²) in [5.41, 5.74) is 7.09. The largest absolute Gasteiger partial charge is 1.00 e. The summed E-state index contributed by atoms with van der Waals surface area (Å²) in [4.78, 5) is 90.1. The van der Waals surface area contributed by atoms with Gasteiger partial charge in [0, 0.05) is 201 Å². The fourth-order valence-electron chi connectivity index (χ4n) is 12.4. The van der Waals surface area contributed by atoms with Crippen molar-refractivity contribution in [1.29, 1.82) is 0 Å². The van der Waals surface area contributed by atoms with Crippen molar-refractivity contribution in [1.82, 2.24) is 19.3 Å². The maximum atomic E-state index is 12.7. The Balaban J connectivity index is 0.00000486. The number of carbonyl (C=O) groups is 6. The number of allylic oxidation sites excluding steroid dienone is 4. The molecule has 10 rings (SSSR count). The van der Waals surface area contributed by atoms with Crippen molar-refractivity contribution in [2.45, 2.75) is 109 Å². The number of hydrogen-bond acceptors (Lipinski definition) is 27. The number of amides is 4. The molecule has 4 amide bonds. The van der Waals surface area contributed by atoms with Gasteiger partial charge in [-0.1, -0.05) is 24.6 Å². The van der Waals surface area contributed by atoms with Crippen LogP contribution in [-0.4, -0.2) is 137 Å². The van der Waals surface area contributed by atoms with Gasteiger partial charge in [-0.25, -0.2) is 26.4 Å². The molecule has 102 heavy (non-hydrogen) atoms. The van der Waals surface area contributed by atoms with Gasteiger partial charge in [0.2, 0.25) is 11.5 Å². The number of aryl methyl sites for hydroxylation is 3. The van der Waals surface area contributed by atoms with Gasteiger partial charge in [-0.2, -0.15) is 13.2 Å². The fourth-order valence-corrected chi connectivity index (χ4v) is 14.1. The second-order valence-corrected chi connectivity index (χ2v) is 28.4. The van der Waals surface area contributed by atoms with E-state index in [1.54, 1.807) is 4.90 Å². The zero-order chi connectivity index (χ0) is 70.4. The molecule has 0 N–H and O–H groups in total. The van der Waals surface area contributed by atoms with Gasteiger partial charge in [-0.15, -0.1) is 10.1 Å². The van der Waals surface area contributed by atoms with Crippen molar-refractivity contribution in [2.24, 2.45) is 14.1 Å². The molecule has 6 heterocycles. The molecule has 0 radical (unpaired) electrons. The summed E-state index contributed by atoms with van der Waals surface area (Å²) in [5, 5.41) is 32.5. The van der Waals surface area contributed by atoms with E-state index in [9.17, 15) is 65.2 Å². The Bertz CT molecular complexity index is 4430. The summed E-state index contributed by atoms with van der Waals surface area (Å²) in [6.45, 7) is 2.25. The van der Waals surface area contributed by atoms with Crippen LogP contribution in [0.5, 0.6) is 5.75 Å². The molecule has 4 aromatic carbocycles. The summed E-state index contributed by atoms with van der Waals surface area (Å²) >= 11 is 1.82. The predicted octanol–water partition coefficient (Wildman–Crippen LogP) is -2.33. The van der Waals surface area contributed by atoms with Crippen molar-refractivity contribution in [3.05, 3.63) is 96.7 Å². The smallest absolute Gasteiger partial charge is 0.748 e. The number of anilines is 3. The molecule has 7 aromatic rings. The van der Waals surface area contributed by atoms with E-state index in [2.05, 4.69) is 51.3 Å². The molecule has 532 valence electrons. The second-order valence-electron chi connectivity index (χ2n) is 23.8. The summed E-state index contributed by atoms with van der Waals surface area (Å²) in [6.07, 6.45) is 13.2. The van der Waals surface area contributed by atoms with Gasteiger partial charge in [-0.3, -0.25) is 29.3 Å². The van der Waals surface area contributed by atoms with E-state index in [-0.39, 0.29) is 219 Å². The molecular weight excluding hydrogens is 1490 g/mol. The van der Waals surface area contributed by atoms with Crippen molar-refractivity contribution >= 4 is 158 Å². The third-order valence-corrected chi connectivity index (χ3v) is 19.9. The topological polar surface area (TPSA) is 371 Å². The second kappa shape index (κ2) is 40.8. The van der Waals surface area contributed by atoms with Crippen LogP contribution in [0, 0.1) is 0 Å². The number of carbonyl (C=O) groups excluding carboxylic acids is 6. The van der Waals surface area contributed by atoms with Crippen LogP contribution in [0.15, 0.2) is 95.3 Å². The van der Waals surface area contributed by atoms with Crippen LogP contribution < -0.4 is 189 Å². The van der Waals surface area contributed by atoms with E-state index >= 15 is 0 Å². The normalized spacial score (nSPS) is 14.6. The van der Waals surface area contributed by atoms with Crippen LogP contribution in [0.25, 0.3) is 60.8 Å². The number of rotatable bonds is 39. The van der Waals surface area contributed by atoms with Crippen LogP contribution >= 0.6 is 24.1 Å². The Morgan fingerprint density at radius 3 is 1.57 bits per heavy atom. The quantitative estimate of drug-likeness (QED) is 0.00449. The Morgan fingerprint density at radius 1 is 0.578 bits per heavy atom. The minimum Gasteiger partial charge on any atom is -0.748 e. The molecular formula is C65H73K3N8O22S4. The zero-order valence-electron chi connectivity index (χ0n) is 57.2. The minimum absolute atomic E-state index is 0. The molecule has 3 aliphatic heterocycles. The molecule has 0 bridgehead atoms. The summed E-state index contributed by atoms with van der Waals surface area (Å²) < 4.78 is 97.9. The maximum Gasteiger partial charge on any atom is 1.00 e. The van der Waals surface area contributed by atoms with Crippen molar-refractivity contribution in [2.75, 3.05) is 70.4 Å². The molecule has 3 aliphatic rings. The van der Waals surface area contributed by atoms with Crippen LogP contribution in [0.1, 0.15) is 109 Å². The number of imide groups is 2. The van der Waals surface area contributed by atoms with E-state index in [4.69, 9.17) is 18.8 Å². The minimum atomic E-state index is -4.55. The molecule has 0 unspecified atom stereocenters. The number of nitrogens with zero attached hydrogens (tertiary/aromatic N) is 8. The van der Waals surface area contributed by atoms with Crippen molar-refractivity contribution in [3.8, 4) is 5.75 Å². The first kappa shape index (κ1) is 86.0. The van der Waals surface area contributed by atoms with Crippen LogP contribution in [-0.2, 0) is 98.1 Å². The monoisotopic (exact) mass is 1560 g/mol. The van der Waals surface area contributed by atoms with Gasteiger partial charge in [0.25, 0.3) is 29.1 Å². The molecule has 0 spiro atoms. The maximum absolute atomic E-state index is 12.7. The molecule has 2 fully saturated rings. The first-order valence-electron chi connectivity index (χ1n) is 32.2. The van der Waals surface area contributed by atoms with Gasteiger partial charge in [0.1, 0.15) is 0 Å². The Kier molecular flexibility index (Phi) is 34.4. The fraction of sp³-hybridized carbons (Fsp3) is 0.431. The predicted molar refractivity (Wildman–Crippen MR) is 358 cm³/mol. The molecule has 2 saturated heterocycles. The van der Waals surface area contributed by atoms with Gasteiger partial charge in [0.05, 0.1) is 43.0 Å². The number of hydroxylamine groups is 4. The van der Waals surface area contributed by atoms with Gasteiger partial charge in [0.15, 0.2) is 12.3 Å². The number of benzene rings is 4. The first-order chi connectivity index (χ1) is 47.6.